The number of hydrogen-bond donors (Lipinski definition) is 3. The van der Waals surface area contributed by atoms with Gasteiger partial charge >= 0.3 is 0 Å². The minimum atomic E-state index is -0.643. The fraction of sp³-hybridized carbons (Fsp3) is 0.676. The Morgan fingerprint density at radius 2 is 1.97 bits per heavy atom. The van der Waals surface area contributed by atoms with E-state index in [1.54, 1.807) is 0 Å². The second kappa shape index (κ2) is 11.5. The van der Waals surface area contributed by atoms with E-state index >= 15 is 0 Å². The van der Waals surface area contributed by atoms with E-state index in [-0.39, 0.29) is 10.8 Å². The predicted octanol–water partition coefficient (Wildman–Crippen LogP) is 6.74. The molecule has 5 rings (SSSR count). The van der Waals surface area contributed by atoms with Crippen molar-refractivity contribution >= 4 is 0 Å². The SMILES string of the molecule is C=C1C(=CC=C2CCC[C@]3(C)[C@@H]([C@H](C)C=C[C@H](O)C4(c5ncc(CCCC)o5)CC4)CC[C@@H]23)C[C@@H](O)C[C@@H]1O. The van der Waals surface area contributed by atoms with Crippen LogP contribution in [0, 0.1) is 23.2 Å². The molecule has 4 fully saturated rings. The maximum atomic E-state index is 11.2. The maximum Gasteiger partial charge on any atom is 0.203 e. The Morgan fingerprint density at radius 1 is 1.18 bits per heavy atom. The molecular formula is C34H49NO4. The zero-order valence-corrected chi connectivity index (χ0v) is 24.2. The van der Waals surface area contributed by atoms with Crippen LogP contribution in [-0.4, -0.2) is 38.6 Å². The van der Waals surface area contributed by atoms with E-state index < -0.39 is 18.3 Å². The number of aromatic nitrogens is 1. The Balaban J connectivity index is 1.26. The van der Waals surface area contributed by atoms with Gasteiger partial charge in [-0.2, -0.15) is 0 Å². The summed E-state index contributed by atoms with van der Waals surface area (Å²) < 4.78 is 6.08. The van der Waals surface area contributed by atoms with E-state index in [1.807, 2.05) is 12.3 Å². The highest BCUT2D eigenvalue weighted by molar-refractivity contribution is 5.38. The fourth-order valence-corrected chi connectivity index (χ4v) is 7.98. The molecule has 0 saturated heterocycles. The van der Waals surface area contributed by atoms with Gasteiger partial charge in [0.2, 0.25) is 5.89 Å². The fourth-order valence-electron chi connectivity index (χ4n) is 7.98. The summed E-state index contributed by atoms with van der Waals surface area (Å²) in [6.45, 7) is 11.1. The lowest BCUT2D eigenvalue weighted by atomic mass is 9.61. The van der Waals surface area contributed by atoms with Gasteiger partial charge in [-0.1, -0.05) is 63.6 Å². The quantitative estimate of drug-likeness (QED) is 0.305. The lowest BCUT2D eigenvalue weighted by Gasteiger charge is -2.44. The molecule has 0 amide bonds. The summed E-state index contributed by atoms with van der Waals surface area (Å²) in [4.78, 5) is 4.56. The van der Waals surface area contributed by atoms with E-state index in [9.17, 15) is 15.3 Å². The number of fused-ring (bicyclic) bond motifs is 1. The maximum absolute atomic E-state index is 11.2. The number of oxazole rings is 1. The number of nitrogens with zero attached hydrogens (tertiary/aromatic N) is 1. The molecule has 1 aromatic heterocycles. The lowest BCUT2D eigenvalue weighted by Crippen LogP contribution is -2.35. The molecule has 4 aliphatic rings. The van der Waals surface area contributed by atoms with Crippen LogP contribution in [0.5, 0.6) is 0 Å². The number of aliphatic hydroxyl groups excluding tert-OH is 3. The molecule has 5 nitrogen and oxygen atoms in total. The first-order valence-electron chi connectivity index (χ1n) is 15.4. The molecule has 4 saturated carbocycles. The van der Waals surface area contributed by atoms with Crippen LogP contribution in [-0.2, 0) is 11.8 Å². The highest BCUT2D eigenvalue weighted by Crippen LogP contribution is 2.60. The second-order valence-electron chi connectivity index (χ2n) is 13.2. The number of hydrogen-bond acceptors (Lipinski definition) is 5. The average molecular weight is 536 g/mol. The molecule has 0 bridgehead atoms. The van der Waals surface area contributed by atoms with Crippen molar-refractivity contribution in [3.05, 3.63) is 65.5 Å². The molecule has 4 aliphatic carbocycles. The third-order valence-electron chi connectivity index (χ3n) is 10.6. The number of unbranched alkanes of at least 4 members (excludes halogenated alkanes) is 1. The summed E-state index contributed by atoms with van der Waals surface area (Å²) in [7, 11) is 0. The van der Waals surface area contributed by atoms with Gasteiger partial charge in [-0.05, 0) is 92.1 Å². The van der Waals surface area contributed by atoms with Crippen LogP contribution in [0.4, 0.5) is 0 Å². The topological polar surface area (TPSA) is 86.7 Å². The van der Waals surface area contributed by atoms with Gasteiger partial charge in [0.05, 0.1) is 29.9 Å². The van der Waals surface area contributed by atoms with E-state index in [0.717, 1.165) is 55.4 Å². The van der Waals surface area contributed by atoms with Gasteiger partial charge in [0, 0.05) is 12.8 Å². The predicted molar refractivity (Wildman–Crippen MR) is 155 cm³/mol. The summed E-state index contributed by atoms with van der Waals surface area (Å²) in [5, 5.41) is 31.6. The molecule has 0 aromatic carbocycles. The van der Waals surface area contributed by atoms with Gasteiger partial charge in [-0.15, -0.1) is 0 Å². The zero-order valence-electron chi connectivity index (χ0n) is 24.2. The first-order chi connectivity index (χ1) is 18.7. The number of rotatable bonds is 9. The van der Waals surface area contributed by atoms with Crippen molar-refractivity contribution in [2.24, 2.45) is 23.2 Å². The molecule has 0 aliphatic heterocycles. The lowest BCUT2D eigenvalue weighted by molar-refractivity contribution is 0.0862. The number of aryl methyl sites for hydroxylation is 1. The molecule has 3 N–H and O–H groups in total. The molecule has 0 radical (unpaired) electrons. The minimum absolute atomic E-state index is 0.244. The van der Waals surface area contributed by atoms with Gasteiger partial charge in [0.1, 0.15) is 5.76 Å². The smallest absolute Gasteiger partial charge is 0.203 e. The molecule has 0 unspecified atom stereocenters. The first kappa shape index (κ1) is 28.6. The van der Waals surface area contributed by atoms with Crippen LogP contribution in [0.1, 0.15) is 103 Å². The Morgan fingerprint density at radius 3 is 2.72 bits per heavy atom. The standard InChI is InChI=1S/C34H49NO4/c1-5-6-9-27-21-35-32(39-27)34(17-18-34)31(38)15-10-22(2)28-13-14-29-24(8-7-16-33(28,29)4)11-12-25-19-26(36)20-30(37)23(25)3/h10-12,15,21-22,26,28-31,36-38H,3,5-9,13-14,16-20H2,1-2,4H3/t22-,26-,28-,29+,30+,31+,33-/m1/s1. The highest BCUT2D eigenvalue weighted by Gasteiger charge is 2.54. The monoisotopic (exact) mass is 535 g/mol. The molecule has 214 valence electrons. The van der Waals surface area contributed by atoms with Crippen molar-refractivity contribution in [1.29, 1.82) is 0 Å². The molecule has 7 atom stereocenters. The normalized spacial score (nSPS) is 36.0. The Hall–Kier alpha value is -1.95. The van der Waals surface area contributed by atoms with Crippen molar-refractivity contribution in [2.45, 2.75) is 122 Å². The van der Waals surface area contributed by atoms with Gasteiger partial charge in [-0.3, -0.25) is 0 Å². The Kier molecular flexibility index (Phi) is 8.43. The Labute approximate surface area is 234 Å². The third kappa shape index (κ3) is 5.64. The molecule has 5 heteroatoms. The van der Waals surface area contributed by atoms with Crippen molar-refractivity contribution in [3.8, 4) is 0 Å². The van der Waals surface area contributed by atoms with Crippen LogP contribution >= 0.6 is 0 Å². The molecular weight excluding hydrogens is 486 g/mol. The van der Waals surface area contributed by atoms with Crippen molar-refractivity contribution in [3.63, 3.8) is 0 Å². The van der Waals surface area contributed by atoms with Crippen LogP contribution in [0.25, 0.3) is 0 Å². The van der Waals surface area contributed by atoms with Gasteiger partial charge in [0.15, 0.2) is 0 Å². The summed E-state index contributed by atoms with van der Waals surface area (Å²) >= 11 is 0. The van der Waals surface area contributed by atoms with Crippen LogP contribution in [0.15, 0.2) is 58.2 Å². The van der Waals surface area contributed by atoms with Crippen molar-refractivity contribution < 1.29 is 19.7 Å². The van der Waals surface area contributed by atoms with Gasteiger partial charge in [-0.25, -0.2) is 4.98 Å². The summed E-state index contributed by atoms with van der Waals surface area (Å²) in [5.74, 6) is 3.17. The highest BCUT2D eigenvalue weighted by atomic mass is 16.4. The Bertz CT molecular complexity index is 1120. The average Bonchev–Trinajstić information content (AvgIpc) is 3.44. The van der Waals surface area contributed by atoms with E-state index in [4.69, 9.17) is 4.42 Å². The van der Waals surface area contributed by atoms with E-state index in [1.165, 1.54) is 31.3 Å². The second-order valence-corrected chi connectivity index (χ2v) is 13.2. The first-order valence-corrected chi connectivity index (χ1v) is 15.4. The summed E-state index contributed by atoms with van der Waals surface area (Å²) in [5.41, 5.74) is 3.15. The number of aliphatic hydroxyl groups is 3. The largest absolute Gasteiger partial charge is 0.445 e. The molecule has 0 spiro atoms. The molecule has 1 aromatic rings. The van der Waals surface area contributed by atoms with Gasteiger partial charge < -0.3 is 19.7 Å². The zero-order chi connectivity index (χ0) is 27.8. The number of allylic oxidation sites excluding steroid dienone is 4. The van der Waals surface area contributed by atoms with Gasteiger partial charge in [0.25, 0.3) is 0 Å². The van der Waals surface area contributed by atoms with E-state index in [0.29, 0.717) is 36.5 Å². The van der Waals surface area contributed by atoms with Crippen LogP contribution in [0.2, 0.25) is 0 Å². The summed E-state index contributed by atoms with van der Waals surface area (Å²) in [6, 6.07) is 0. The van der Waals surface area contributed by atoms with Crippen molar-refractivity contribution in [2.75, 3.05) is 0 Å². The summed E-state index contributed by atoms with van der Waals surface area (Å²) in [6.07, 6.45) is 20.7. The minimum Gasteiger partial charge on any atom is -0.445 e. The molecule has 1 heterocycles. The van der Waals surface area contributed by atoms with E-state index in [2.05, 4.69) is 50.6 Å². The molecule has 39 heavy (non-hydrogen) atoms. The van der Waals surface area contributed by atoms with Crippen LogP contribution < -0.4 is 0 Å². The van der Waals surface area contributed by atoms with Crippen LogP contribution in [0.3, 0.4) is 0 Å². The van der Waals surface area contributed by atoms with Crippen molar-refractivity contribution in [1.82, 2.24) is 4.98 Å². The third-order valence-corrected chi connectivity index (χ3v) is 10.6.